The number of anilines is 1. The maximum atomic E-state index is 13.6. The number of halogens is 1. The molecular formula is C24H31ClN4O7S. The molecule has 0 aliphatic rings. The first-order valence-corrected chi connectivity index (χ1v) is 13.7. The van der Waals surface area contributed by atoms with Gasteiger partial charge < -0.3 is 15.0 Å². The van der Waals surface area contributed by atoms with E-state index in [2.05, 4.69) is 5.32 Å². The third-order valence-corrected chi connectivity index (χ3v) is 7.09. The molecule has 0 spiro atoms. The molecule has 0 heterocycles. The third-order valence-electron chi connectivity index (χ3n) is 5.73. The van der Waals surface area contributed by atoms with Gasteiger partial charge in [0.25, 0.3) is 5.69 Å². The number of hydrogen-bond acceptors (Lipinski definition) is 7. The molecule has 1 N–H and O–H groups in total. The van der Waals surface area contributed by atoms with Crippen LogP contribution in [0.5, 0.6) is 5.75 Å². The van der Waals surface area contributed by atoms with E-state index in [9.17, 15) is 28.1 Å². The fourth-order valence-electron chi connectivity index (χ4n) is 3.46. The Hall–Kier alpha value is -3.38. The third kappa shape index (κ3) is 8.05. The highest BCUT2D eigenvalue weighted by Gasteiger charge is 2.32. The van der Waals surface area contributed by atoms with Crippen LogP contribution in [-0.4, -0.2) is 62.0 Å². The minimum absolute atomic E-state index is 0.0211. The molecule has 0 saturated heterocycles. The van der Waals surface area contributed by atoms with Crippen molar-refractivity contribution in [2.75, 3.05) is 24.2 Å². The molecule has 0 fully saturated rings. The molecule has 2 aromatic carbocycles. The molecule has 0 aliphatic carbocycles. The Morgan fingerprint density at radius 2 is 1.86 bits per heavy atom. The minimum atomic E-state index is -4.11. The van der Waals surface area contributed by atoms with Crippen LogP contribution in [-0.2, 0) is 26.2 Å². The molecule has 11 nitrogen and oxygen atoms in total. The fourth-order valence-corrected chi connectivity index (χ4v) is 4.52. The second-order valence-corrected chi connectivity index (χ2v) is 10.9. The van der Waals surface area contributed by atoms with Gasteiger partial charge >= 0.3 is 0 Å². The Labute approximate surface area is 221 Å². The van der Waals surface area contributed by atoms with Gasteiger partial charge in [0.2, 0.25) is 21.8 Å². The summed E-state index contributed by atoms with van der Waals surface area (Å²) in [6, 6.07) is 9.06. The van der Waals surface area contributed by atoms with E-state index >= 15 is 0 Å². The van der Waals surface area contributed by atoms with Crippen molar-refractivity contribution in [1.82, 2.24) is 10.2 Å². The van der Waals surface area contributed by atoms with Crippen molar-refractivity contribution in [3.63, 3.8) is 0 Å². The van der Waals surface area contributed by atoms with E-state index in [0.29, 0.717) is 17.0 Å². The van der Waals surface area contributed by atoms with E-state index in [1.807, 2.05) is 13.8 Å². The predicted molar refractivity (Wildman–Crippen MR) is 141 cm³/mol. The van der Waals surface area contributed by atoms with Gasteiger partial charge in [0.1, 0.15) is 24.0 Å². The Kier molecular flexibility index (Phi) is 10.3. The lowest BCUT2D eigenvalue weighted by Crippen LogP contribution is -2.52. The van der Waals surface area contributed by atoms with Crippen molar-refractivity contribution < 1.29 is 27.7 Å². The molecule has 0 unspecified atom stereocenters. The molecule has 2 aromatic rings. The minimum Gasteiger partial charge on any atom is -0.495 e. The van der Waals surface area contributed by atoms with Crippen molar-refractivity contribution in [3.05, 3.63) is 63.2 Å². The topological polar surface area (TPSA) is 139 Å². The SMILES string of the molecule is CC[C@H](C)NC(=O)[C@@H](C)N(Cc1cccc(Cl)c1)C(=O)CN(c1cc([N+](=O)[O-])ccc1OC)S(C)(=O)=O. The summed E-state index contributed by atoms with van der Waals surface area (Å²) in [7, 11) is -2.83. The zero-order chi connectivity index (χ0) is 27.9. The van der Waals surface area contributed by atoms with Gasteiger partial charge in [-0.05, 0) is 44.0 Å². The molecule has 202 valence electrons. The number of benzene rings is 2. The number of ether oxygens (including phenoxy) is 1. The highest BCUT2D eigenvalue weighted by atomic mass is 35.5. The normalized spacial score (nSPS) is 12.8. The van der Waals surface area contributed by atoms with Crippen LogP contribution >= 0.6 is 11.6 Å². The number of rotatable bonds is 12. The van der Waals surface area contributed by atoms with E-state index in [0.717, 1.165) is 22.7 Å². The molecule has 0 bridgehead atoms. The summed E-state index contributed by atoms with van der Waals surface area (Å²) in [5, 5.41) is 14.6. The Balaban J connectivity index is 2.51. The van der Waals surface area contributed by atoms with E-state index in [4.69, 9.17) is 16.3 Å². The molecule has 37 heavy (non-hydrogen) atoms. The molecule has 0 saturated carbocycles. The number of nitrogens with one attached hydrogen (secondary N) is 1. The van der Waals surface area contributed by atoms with Crippen LogP contribution in [0.15, 0.2) is 42.5 Å². The number of nitro groups is 1. The van der Waals surface area contributed by atoms with Crippen molar-refractivity contribution in [3.8, 4) is 5.75 Å². The first-order chi connectivity index (χ1) is 17.3. The number of hydrogen-bond donors (Lipinski definition) is 1. The van der Waals surface area contributed by atoms with Gasteiger partial charge in [-0.15, -0.1) is 0 Å². The first kappa shape index (κ1) is 29.8. The number of sulfonamides is 1. The van der Waals surface area contributed by atoms with Gasteiger partial charge in [0.15, 0.2) is 0 Å². The summed E-state index contributed by atoms with van der Waals surface area (Å²) in [6.07, 6.45) is 1.55. The van der Waals surface area contributed by atoms with E-state index in [1.165, 1.54) is 18.1 Å². The molecule has 2 amide bonds. The zero-order valence-electron chi connectivity index (χ0n) is 21.3. The molecule has 0 radical (unpaired) electrons. The lowest BCUT2D eigenvalue weighted by Gasteiger charge is -2.32. The van der Waals surface area contributed by atoms with E-state index < -0.39 is 39.3 Å². The highest BCUT2D eigenvalue weighted by Crippen LogP contribution is 2.34. The Bertz CT molecular complexity index is 1260. The van der Waals surface area contributed by atoms with Crippen LogP contribution in [0, 0.1) is 10.1 Å². The quantitative estimate of drug-likeness (QED) is 0.313. The van der Waals surface area contributed by atoms with Gasteiger partial charge in [-0.2, -0.15) is 0 Å². The number of amides is 2. The monoisotopic (exact) mass is 554 g/mol. The number of carbonyl (C=O) groups is 2. The van der Waals surface area contributed by atoms with Crippen LogP contribution in [0.2, 0.25) is 5.02 Å². The molecular weight excluding hydrogens is 524 g/mol. The van der Waals surface area contributed by atoms with Crippen LogP contribution in [0.4, 0.5) is 11.4 Å². The predicted octanol–water partition coefficient (Wildman–Crippen LogP) is 3.35. The number of carbonyl (C=O) groups excluding carboxylic acids is 2. The summed E-state index contributed by atoms with van der Waals surface area (Å²) >= 11 is 6.10. The zero-order valence-corrected chi connectivity index (χ0v) is 22.9. The first-order valence-electron chi connectivity index (χ1n) is 11.4. The maximum Gasteiger partial charge on any atom is 0.271 e. The van der Waals surface area contributed by atoms with Crippen molar-refractivity contribution >= 4 is 44.8 Å². The van der Waals surface area contributed by atoms with Crippen LogP contribution in [0.25, 0.3) is 0 Å². The lowest BCUT2D eigenvalue weighted by atomic mass is 10.1. The second kappa shape index (κ2) is 12.7. The van der Waals surface area contributed by atoms with Gasteiger partial charge in [0, 0.05) is 29.7 Å². The highest BCUT2D eigenvalue weighted by molar-refractivity contribution is 7.92. The van der Waals surface area contributed by atoms with Crippen molar-refractivity contribution in [2.45, 2.75) is 45.8 Å². The van der Waals surface area contributed by atoms with Crippen molar-refractivity contribution in [2.24, 2.45) is 0 Å². The lowest BCUT2D eigenvalue weighted by molar-refractivity contribution is -0.384. The maximum absolute atomic E-state index is 13.6. The van der Waals surface area contributed by atoms with Gasteiger partial charge in [-0.3, -0.25) is 24.0 Å². The molecule has 0 aromatic heterocycles. The molecule has 0 aliphatic heterocycles. The molecule has 2 rings (SSSR count). The number of non-ortho nitro benzene ring substituents is 1. The largest absolute Gasteiger partial charge is 0.495 e. The summed E-state index contributed by atoms with van der Waals surface area (Å²) in [5.74, 6) is -1.10. The fraction of sp³-hybridized carbons (Fsp3) is 0.417. The standard InChI is InChI=1S/C24H31ClN4O7S/c1-6-16(2)26-24(31)17(3)27(14-18-8-7-9-19(25)12-18)23(30)15-28(37(5,34)35)21-13-20(29(32)33)10-11-22(21)36-4/h7-13,16-17H,6,14-15H2,1-5H3,(H,26,31)/t16-,17+/m0/s1. The van der Waals surface area contributed by atoms with E-state index in [-0.39, 0.29) is 29.7 Å². The van der Waals surface area contributed by atoms with Crippen molar-refractivity contribution in [1.29, 1.82) is 0 Å². The smallest absolute Gasteiger partial charge is 0.271 e. The Morgan fingerprint density at radius 3 is 2.41 bits per heavy atom. The van der Waals surface area contributed by atoms with Gasteiger partial charge in [0.05, 0.1) is 18.3 Å². The molecule has 13 heteroatoms. The van der Waals surface area contributed by atoms with Crippen LogP contribution < -0.4 is 14.4 Å². The van der Waals surface area contributed by atoms with Crippen LogP contribution in [0.3, 0.4) is 0 Å². The molecule has 2 atom stereocenters. The van der Waals surface area contributed by atoms with E-state index in [1.54, 1.807) is 31.2 Å². The average Bonchev–Trinajstić information content (AvgIpc) is 2.83. The number of methoxy groups -OCH3 is 1. The van der Waals surface area contributed by atoms with Crippen LogP contribution in [0.1, 0.15) is 32.8 Å². The second-order valence-electron chi connectivity index (χ2n) is 8.53. The van der Waals surface area contributed by atoms with Gasteiger partial charge in [-0.1, -0.05) is 30.7 Å². The average molecular weight is 555 g/mol. The summed E-state index contributed by atoms with van der Waals surface area (Å²) < 4.78 is 31.5. The van der Waals surface area contributed by atoms with Gasteiger partial charge in [-0.25, -0.2) is 8.42 Å². The summed E-state index contributed by atoms with van der Waals surface area (Å²) in [5.41, 5.74) is 0.0730. The number of nitrogens with zero attached hydrogens (tertiary/aromatic N) is 3. The number of nitro benzene ring substituents is 1. The summed E-state index contributed by atoms with van der Waals surface area (Å²) in [6.45, 7) is 4.52. The summed E-state index contributed by atoms with van der Waals surface area (Å²) in [4.78, 5) is 38.4. The Morgan fingerprint density at radius 1 is 1.19 bits per heavy atom.